The van der Waals surface area contributed by atoms with Gasteiger partial charge in [0.25, 0.3) is 0 Å². The first kappa shape index (κ1) is 17.4. The van der Waals surface area contributed by atoms with Crippen molar-refractivity contribution in [2.75, 3.05) is 0 Å². The van der Waals surface area contributed by atoms with Crippen LogP contribution in [0.15, 0.2) is 53.3 Å². The molecular formula is C20H17N7O. The van der Waals surface area contributed by atoms with E-state index >= 15 is 0 Å². The third kappa shape index (κ3) is 3.59. The van der Waals surface area contributed by atoms with Crippen molar-refractivity contribution in [3.05, 3.63) is 70.4 Å². The van der Waals surface area contributed by atoms with Crippen molar-refractivity contribution in [1.82, 2.24) is 35.4 Å². The summed E-state index contributed by atoms with van der Waals surface area (Å²) in [5.74, 6) is 6.85. The van der Waals surface area contributed by atoms with Crippen molar-refractivity contribution in [2.24, 2.45) is 0 Å². The number of hydrogen-bond acceptors (Lipinski definition) is 5. The molecule has 0 atom stereocenters. The molecule has 2 heterocycles. The quantitative estimate of drug-likeness (QED) is 0.535. The Labute approximate surface area is 160 Å². The van der Waals surface area contributed by atoms with E-state index in [4.69, 9.17) is 0 Å². The zero-order valence-electron chi connectivity index (χ0n) is 15.2. The highest BCUT2D eigenvalue weighted by Crippen LogP contribution is 2.29. The van der Waals surface area contributed by atoms with Crippen molar-refractivity contribution in [3.63, 3.8) is 0 Å². The van der Waals surface area contributed by atoms with Crippen molar-refractivity contribution in [2.45, 2.75) is 19.9 Å². The zero-order chi connectivity index (χ0) is 19.3. The van der Waals surface area contributed by atoms with Crippen molar-refractivity contribution in [1.29, 1.82) is 0 Å². The van der Waals surface area contributed by atoms with Gasteiger partial charge in [-0.2, -0.15) is 10.2 Å². The van der Waals surface area contributed by atoms with Crippen molar-refractivity contribution < 1.29 is 0 Å². The second-order valence-corrected chi connectivity index (χ2v) is 6.07. The number of H-pyrrole nitrogens is 2. The molecule has 28 heavy (non-hydrogen) atoms. The molecule has 4 aromatic rings. The van der Waals surface area contributed by atoms with Crippen LogP contribution in [0.4, 0.5) is 0 Å². The fraction of sp³-hybridized carbons (Fsp3) is 0.150. The lowest BCUT2D eigenvalue weighted by Crippen LogP contribution is -2.08. The minimum absolute atomic E-state index is 0.397. The minimum Gasteiger partial charge on any atom is -0.255 e. The summed E-state index contributed by atoms with van der Waals surface area (Å²) in [5.41, 5.74) is 3.58. The number of nitrogens with zero attached hydrogens (tertiary/aromatic N) is 5. The predicted molar refractivity (Wildman–Crippen MR) is 104 cm³/mol. The molecule has 8 nitrogen and oxygen atoms in total. The highest BCUT2D eigenvalue weighted by Gasteiger charge is 2.11. The predicted octanol–water partition coefficient (Wildman–Crippen LogP) is 2.23. The van der Waals surface area contributed by atoms with Gasteiger partial charge in [-0.15, -0.1) is 10.2 Å². The lowest BCUT2D eigenvalue weighted by molar-refractivity contribution is 0.670. The Morgan fingerprint density at radius 2 is 1.86 bits per heavy atom. The van der Waals surface area contributed by atoms with Crippen LogP contribution in [0, 0.1) is 11.8 Å². The fourth-order valence-electron chi connectivity index (χ4n) is 2.91. The topological polar surface area (TPSA) is 105 Å². The summed E-state index contributed by atoms with van der Waals surface area (Å²) in [7, 11) is 0. The van der Waals surface area contributed by atoms with Gasteiger partial charge in [-0.3, -0.25) is 4.68 Å². The standard InChI is InChI=1S/C20H17N7O/c1-2-3-8-18-21-20(28)24-27(18)13-14-9-11-15(12-10-14)16-6-4-5-7-17(16)19-22-25-26-23-19/h4-7,9-12H,2,13H2,1H3,(H,24,28)(H,22,23,25,26). The Bertz CT molecular complexity index is 1190. The van der Waals surface area contributed by atoms with Crippen LogP contribution in [-0.2, 0) is 6.54 Å². The third-order valence-corrected chi connectivity index (χ3v) is 4.19. The van der Waals surface area contributed by atoms with E-state index in [2.05, 4.69) is 42.5 Å². The third-order valence-electron chi connectivity index (χ3n) is 4.19. The highest BCUT2D eigenvalue weighted by molar-refractivity contribution is 5.80. The van der Waals surface area contributed by atoms with E-state index in [0.29, 0.717) is 24.6 Å². The average Bonchev–Trinajstić information content (AvgIpc) is 3.37. The molecular weight excluding hydrogens is 354 g/mol. The van der Waals surface area contributed by atoms with Crippen LogP contribution in [0.2, 0.25) is 0 Å². The molecule has 138 valence electrons. The van der Waals surface area contributed by atoms with E-state index in [9.17, 15) is 4.79 Å². The van der Waals surface area contributed by atoms with Crippen LogP contribution in [0.25, 0.3) is 22.5 Å². The number of tetrazole rings is 1. The first-order valence-corrected chi connectivity index (χ1v) is 8.82. The summed E-state index contributed by atoms with van der Waals surface area (Å²) >= 11 is 0. The summed E-state index contributed by atoms with van der Waals surface area (Å²) in [5, 5.41) is 17.0. The van der Waals surface area contributed by atoms with Crippen LogP contribution >= 0.6 is 0 Å². The molecule has 0 saturated carbocycles. The molecule has 0 radical (unpaired) electrons. The van der Waals surface area contributed by atoms with Crippen LogP contribution in [0.1, 0.15) is 24.7 Å². The molecule has 0 amide bonds. The monoisotopic (exact) mass is 371 g/mol. The van der Waals surface area contributed by atoms with E-state index in [-0.39, 0.29) is 0 Å². The van der Waals surface area contributed by atoms with E-state index in [1.165, 1.54) is 0 Å². The molecule has 0 aliphatic heterocycles. The largest absolute Gasteiger partial charge is 0.362 e. The van der Waals surface area contributed by atoms with Gasteiger partial charge in [-0.25, -0.2) is 9.89 Å². The Morgan fingerprint density at radius 1 is 1.07 bits per heavy atom. The van der Waals surface area contributed by atoms with Gasteiger partial charge >= 0.3 is 5.69 Å². The van der Waals surface area contributed by atoms with Crippen LogP contribution in [0.3, 0.4) is 0 Å². The Hall–Kier alpha value is -3.99. The van der Waals surface area contributed by atoms with Crippen LogP contribution in [0.5, 0.6) is 0 Å². The average molecular weight is 371 g/mol. The van der Waals surface area contributed by atoms with Gasteiger partial charge < -0.3 is 0 Å². The van der Waals surface area contributed by atoms with E-state index in [1.54, 1.807) is 4.68 Å². The molecule has 2 aromatic heterocycles. The van der Waals surface area contributed by atoms with Crippen molar-refractivity contribution in [3.8, 4) is 34.4 Å². The molecule has 0 unspecified atom stereocenters. The summed E-state index contributed by atoms with van der Waals surface area (Å²) < 4.78 is 1.66. The lowest BCUT2D eigenvalue weighted by Gasteiger charge is -2.09. The van der Waals surface area contributed by atoms with Crippen LogP contribution < -0.4 is 5.69 Å². The number of aromatic amines is 2. The Kier molecular flexibility index (Phi) is 4.80. The van der Waals surface area contributed by atoms with Gasteiger partial charge in [-0.1, -0.05) is 61.4 Å². The molecule has 2 N–H and O–H groups in total. The fourth-order valence-corrected chi connectivity index (χ4v) is 2.91. The number of aromatic nitrogens is 7. The molecule has 0 saturated heterocycles. The molecule has 4 rings (SSSR count). The molecule has 0 spiro atoms. The second-order valence-electron chi connectivity index (χ2n) is 6.07. The smallest absolute Gasteiger partial charge is 0.255 e. The molecule has 8 heteroatoms. The minimum atomic E-state index is -0.397. The zero-order valence-corrected chi connectivity index (χ0v) is 15.2. The Balaban J connectivity index is 1.62. The van der Waals surface area contributed by atoms with Gasteiger partial charge in [0.05, 0.1) is 6.54 Å². The lowest BCUT2D eigenvalue weighted by atomic mass is 9.98. The number of benzene rings is 2. The molecule has 0 aliphatic carbocycles. The van der Waals surface area contributed by atoms with Crippen molar-refractivity contribution >= 4 is 0 Å². The van der Waals surface area contributed by atoms with Gasteiger partial charge in [0.2, 0.25) is 11.6 Å². The summed E-state index contributed by atoms with van der Waals surface area (Å²) in [6, 6.07) is 16.0. The van der Waals surface area contributed by atoms with E-state index in [1.807, 2.05) is 55.5 Å². The van der Waals surface area contributed by atoms with Gasteiger partial charge in [0.15, 0.2) is 0 Å². The highest BCUT2D eigenvalue weighted by atomic mass is 16.1. The summed E-state index contributed by atoms with van der Waals surface area (Å²) in [6.07, 6.45) is 0.704. The van der Waals surface area contributed by atoms with E-state index < -0.39 is 5.69 Å². The van der Waals surface area contributed by atoms with Gasteiger partial charge in [-0.05, 0) is 27.8 Å². The van der Waals surface area contributed by atoms with Gasteiger partial charge in [0.1, 0.15) is 0 Å². The molecule has 2 aromatic carbocycles. The maximum atomic E-state index is 11.6. The number of nitrogens with one attached hydrogen (secondary N) is 2. The molecule has 0 aliphatic rings. The van der Waals surface area contributed by atoms with E-state index in [0.717, 1.165) is 22.3 Å². The number of rotatable bonds is 4. The van der Waals surface area contributed by atoms with Gasteiger partial charge in [0, 0.05) is 12.0 Å². The maximum Gasteiger partial charge on any atom is 0.362 e. The molecule has 0 bridgehead atoms. The SMILES string of the molecule is CCC#Cc1nc(=O)[nH]n1Cc1ccc(-c2ccccc2-c2nn[nH]n2)cc1. The molecule has 0 fully saturated rings. The van der Waals surface area contributed by atoms with Crippen LogP contribution in [-0.4, -0.2) is 35.4 Å². The summed E-state index contributed by atoms with van der Waals surface area (Å²) in [6.45, 7) is 2.43. The first-order valence-electron chi connectivity index (χ1n) is 8.82. The Morgan fingerprint density at radius 3 is 2.57 bits per heavy atom. The second kappa shape index (κ2) is 7.72. The first-order chi connectivity index (χ1) is 13.7. The maximum absolute atomic E-state index is 11.6. The normalized spacial score (nSPS) is 10.5. The summed E-state index contributed by atoms with van der Waals surface area (Å²) in [4.78, 5) is 15.5. The number of hydrogen-bond donors (Lipinski definition) is 2.